The summed E-state index contributed by atoms with van der Waals surface area (Å²) in [4.78, 5) is 23.1. The molecule has 4 aromatic rings. The van der Waals surface area contributed by atoms with E-state index in [4.69, 9.17) is 4.74 Å². The molecule has 0 bridgehead atoms. The maximum absolute atomic E-state index is 13.0. The molecule has 1 N–H and O–H groups in total. The van der Waals surface area contributed by atoms with Crippen LogP contribution in [0.4, 0.5) is 0 Å². The van der Waals surface area contributed by atoms with Crippen LogP contribution in [0.1, 0.15) is 47.4 Å². The highest BCUT2D eigenvalue weighted by atomic mass is 32.2. The Hall–Kier alpha value is -3.56. The lowest BCUT2D eigenvalue weighted by molar-refractivity contribution is 0.0981. The van der Waals surface area contributed by atoms with Gasteiger partial charge in [-0.05, 0) is 75.4 Å². The summed E-state index contributed by atoms with van der Waals surface area (Å²) in [6.45, 7) is 7.22. The van der Waals surface area contributed by atoms with Crippen molar-refractivity contribution in [2.45, 2.75) is 45.3 Å². The highest BCUT2D eigenvalue weighted by molar-refractivity contribution is 7.91. The van der Waals surface area contributed by atoms with E-state index in [1.54, 1.807) is 44.2 Å². The molecule has 39 heavy (non-hydrogen) atoms. The number of sulfonamides is 1. The second-order valence-electron chi connectivity index (χ2n) is 10.8. The molecule has 0 unspecified atom stereocenters. The third-order valence-corrected chi connectivity index (χ3v) is 9.82. The van der Waals surface area contributed by atoms with Crippen LogP contribution < -0.4 is 9.46 Å². The van der Waals surface area contributed by atoms with Gasteiger partial charge in [-0.1, -0.05) is 36.4 Å². The van der Waals surface area contributed by atoms with Crippen LogP contribution in [-0.2, 0) is 22.9 Å². The monoisotopic (exact) mass is 561 g/mol. The Morgan fingerprint density at radius 1 is 1.05 bits per heavy atom. The van der Waals surface area contributed by atoms with Crippen LogP contribution in [0.15, 0.2) is 67.0 Å². The quantitative estimate of drug-likeness (QED) is 0.318. The van der Waals surface area contributed by atoms with Gasteiger partial charge in [0, 0.05) is 35.1 Å². The SMILES string of the molecule is Cc1ncc(-c2ccc(C[C@H]3COc4cc(-c5ccccc5C(=O)NS(=O)(=O)C(C)(C)C)ccc4C3)nc2)s1. The molecule has 0 fully saturated rings. The van der Waals surface area contributed by atoms with Crippen molar-refractivity contribution in [3.8, 4) is 27.3 Å². The summed E-state index contributed by atoms with van der Waals surface area (Å²) in [6.07, 6.45) is 5.47. The molecule has 0 spiro atoms. The number of ether oxygens (including phenoxy) is 1. The predicted molar refractivity (Wildman–Crippen MR) is 154 cm³/mol. The van der Waals surface area contributed by atoms with Gasteiger partial charge in [0.1, 0.15) is 5.75 Å². The van der Waals surface area contributed by atoms with Crippen molar-refractivity contribution in [1.82, 2.24) is 14.7 Å². The number of nitrogens with one attached hydrogen (secondary N) is 1. The molecule has 9 heteroatoms. The normalized spacial score (nSPS) is 15.3. The largest absolute Gasteiger partial charge is 0.493 e. The van der Waals surface area contributed by atoms with E-state index in [1.807, 2.05) is 49.6 Å². The number of carbonyl (C=O) groups excluding carboxylic acids is 1. The van der Waals surface area contributed by atoms with Gasteiger partial charge >= 0.3 is 0 Å². The van der Waals surface area contributed by atoms with E-state index in [0.29, 0.717) is 23.7 Å². The molecule has 202 valence electrons. The Kier molecular flexibility index (Phi) is 7.31. The molecule has 0 aliphatic carbocycles. The summed E-state index contributed by atoms with van der Waals surface area (Å²) >= 11 is 1.66. The Morgan fingerprint density at radius 2 is 1.82 bits per heavy atom. The minimum absolute atomic E-state index is 0.293. The van der Waals surface area contributed by atoms with Crippen LogP contribution in [0.5, 0.6) is 5.75 Å². The molecule has 1 atom stereocenters. The number of hydrogen-bond acceptors (Lipinski definition) is 7. The molecule has 1 aliphatic rings. The highest BCUT2D eigenvalue weighted by Crippen LogP contribution is 2.35. The summed E-state index contributed by atoms with van der Waals surface area (Å²) in [5.74, 6) is 0.432. The number of aromatic nitrogens is 2. The molecule has 2 aromatic heterocycles. The van der Waals surface area contributed by atoms with Gasteiger partial charge in [-0.25, -0.2) is 18.1 Å². The van der Waals surface area contributed by atoms with Gasteiger partial charge < -0.3 is 4.74 Å². The molecular formula is C30H31N3O4S2. The van der Waals surface area contributed by atoms with Crippen LogP contribution in [-0.4, -0.2) is 35.6 Å². The van der Waals surface area contributed by atoms with Crippen molar-refractivity contribution in [3.63, 3.8) is 0 Å². The van der Waals surface area contributed by atoms with Crippen molar-refractivity contribution in [2.24, 2.45) is 5.92 Å². The number of benzene rings is 2. The number of hydrogen-bond donors (Lipinski definition) is 1. The fourth-order valence-corrected chi connectivity index (χ4v) is 5.91. The van der Waals surface area contributed by atoms with Gasteiger partial charge in [0.2, 0.25) is 10.0 Å². The summed E-state index contributed by atoms with van der Waals surface area (Å²) in [7, 11) is -3.84. The van der Waals surface area contributed by atoms with Gasteiger partial charge in [0.05, 0.1) is 21.2 Å². The molecule has 5 rings (SSSR count). The zero-order valence-corrected chi connectivity index (χ0v) is 24.0. The smallest absolute Gasteiger partial charge is 0.265 e. The van der Waals surface area contributed by atoms with Crippen LogP contribution >= 0.6 is 11.3 Å². The first kappa shape index (κ1) is 27.0. The van der Waals surface area contributed by atoms with Crippen LogP contribution in [0.3, 0.4) is 0 Å². The van der Waals surface area contributed by atoms with E-state index in [-0.39, 0.29) is 0 Å². The van der Waals surface area contributed by atoms with Gasteiger partial charge in [-0.2, -0.15) is 0 Å². The van der Waals surface area contributed by atoms with Crippen LogP contribution in [0.25, 0.3) is 21.6 Å². The fourth-order valence-electron chi connectivity index (χ4n) is 4.48. The van der Waals surface area contributed by atoms with Crippen molar-refractivity contribution in [2.75, 3.05) is 6.61 Å². The Balaban J connectivity index is 1.30. The van der Waals surface area contributed by atoms with E-state index in [9.17, 15) is 13.2 Å². The van der Waals surface area contributed by atoms with E-state index in [1.165, 1.54) is 0 Å². The minimum atomic E-state index is -3.84. The molecule has 0 saturated carbocycles. The van der Waals surface area contributed by atoms with Gasteiger partial charge in [0.25, 0.3) is 5.91 Å². The first-order valence-electron chi connectivity index (χ1n) is 12.8. The second kappa shape index (κ2) is 10.5. The Bertz CT molecular complexity index is 1620. The van der Waals surface area contributed by atoms with Gasteiger partial charge in [0.15, 0.2) is 0 Å². The Labute approximate surface area is 233 Å². The maximum atomic E-state index is 13.0. The lowest BCUT2D eigenvalue weighted by atomic mass is 9.90. The molecular weight excluding hydrogens is 530 g/mol. The van der Waals surface area contributed by atoms with Gasteiger partial charge in [-0.3, -0.25) is 9.78 Å². The average Bonchev–Trinajstić information content (AvgIpc) is 3.34. The van der Waals surface area contributed by atoms with E-state index >= 15 is 0 Å². The molecule has 0 radical (unpaired) electrons. The number of aryl methyl sites for hydroxylation is 1. The van der Waals surface area contributed by atoms with Gasteiger partial charge in [-0.15, -0.1) is 11.3 Å². The van der Waals surface area contributed by atoms with E-state index in [2.05, 4.69) is 26.8 Å². The number of fused-ring (bicyclic) bond motifs is 1. The van der Waals surface area contributed by atoms with E-state index in [0.717, 1.165) is 50.9 Å². The number of nitrogens with zero attached hydrogens (tertiary/aromatic N) is 2. The number of carbonyl (C=O) groups is 1. The zero-order valence-electron chi connectivity index (χ0n) is 22.4. The average molecular weight is 562 g/mol. The molecule has 0 saturated heterocycles. The third-order valence-electron chi connectivity index (χ3n) is 6.79. The van der Waals surface area contributed by atoms with Crippen LogP contribution in [0, 0.1) is 12.8 Å². The molecule has 1 aliphatic heterocycles. The maximum Gasteiger partial charge on any atom is 0.265 e. The topological polar surface area (TPSA) is 98.2 Å². The lowest BCUT2D eigenvalue weighted by Crippen LogP contribution is -2.42. The summed E-state index contributed by atoms with van der Waals surface area (Å²) in [5, 5.41) is 1.04. The van der Waals surface area contributed by atoms with Crippen molar-refractivity contribution < 1.29 is 17.9 Å². The second-order valence-corrected chi connectivity index (χ2v) is 14.5. The minimum Gasteiger partial charge on any atom is -0.493 e. The highest BCUT2D eigenvalue weighted by Gasteiger charge is 2.31. The molecule has 3 heterocycles. The fraction of sp³-hybridized carbons (Fsp3) is 0.300. The number of pyridine rings is 1. The lowest BCUT2D eigenvalue weighted by Gasteiger charge is -2.26. The summed E-state index contributed by atoms with van der Waals surface area (Å²) in [5.41, 5.74) is 4.94. The number of thiazole rings is 1. The first-order chi connectivity index (χ1) is 18.5. The third kappa shape index (κ3) is 5.89. The predicted octanol–water partition coefficient (Wildman–Crippen LogP) is 5.83. The zero-order chi connectivity index (χ0) is 27.8. The summed E-state index contributed by atoms with van der Waals surface area (Å²) in [6, 6.07) is 17.1. The summed E-state index contributed by atoms with van der Waals surface area (Å²) < 4.78 is 32.4. The standard InChI is InChI=1S/C30H31N3O4S2/c1-19-31-17-28(38-19)23-11-12-24(32-16-23)14-20-13-22-10-9-21(15-27(22)37-18-20)25-7-5-6-8-26(25)29(34)33-39(35,36)30(2,3)4/h5-12,15-17,20H,13-14,18H2,1-4H3,(H,33,34)/t20-/m0/s1. The number of rotatable bonds is 6. The van der Waals surface area contributed by atoms with Crippen molar-refractivity contribution in [3.05, 3.63) is 88.8 Å². The van der Waals surface area contributed by atoms with Crippen molar-refractivity contribution in [1.29, 1.82) is 0 Å². The Morgan fingerprint density at radius 3 is 2.51 bits per heavy atom. The van der Waals surface area contributed by atoms with E-state index < -0.39 is 20.7 Å². The van der Waals surface area contributed by atoms with Crippen LogP contribution in [0.2, 0.25) is 0 Å². The van der Waals surface area contributed by atoms with Crippen molar-refractivity contribution >= 4 is 27.3 Å². The first-order valence-corrected chi connectivity index (χ1v) is 15.1. The molecule has 2 aromatic carbocycles. The molecule has 1 amide bonds. The molecule has 7 nitrogen and oxygen atoms in total. The number of amides is 1.